The first-order chi connectivity index (χ1) is 9.36. The molecule has 0 saturated carbocycles. The topological polar surface area (TPSA) is 19.6 Å². The summed E-state index contributed by atoms with van der Waals surface area (Å²) in [4.78, 5) is 4.94. The molecule has 1 aromatic heterocycles. The van der Waals surface area contributed by atoms with Crippen molar-refractivity contribution in [3.8, 4) is 0 Å². The third-order valence-corrected chi connectivity index (χ3v) is 3.76. The minimum Gasteiger partial charge on any atom is -0.591 e. The summed E-state index contributed by atoms with van der Waals surface area (Å²) in [6.07, 6.45) is 5.86. The number of rotatable bonds is 4. The Morgan fingerprint density at radius 2 is 2.05 bits per heavy atom. The summed E-state index contributed by atoms with van der Waals surface area (Å²) in [5.41, 5.74) is 2.19. The molecule has 3 nitrogen and oxygen atoms in total. The fourth-order valence-electron chi connectivity index (χ4n) is 2.60. The molecule has 0 aliphatic carbocycles. The quantitative estimate of drug-likeness (QED) is 0.639. The first-order valence-corrected chi connectivity index (χ1v) is 6.84. The minimum absolute atomic E-state index is 0. The maximum absolute atomic E-state index is 5.26. The molecule has 1 aromatic carbocycles. The van der Waals surface area contributed by atoms with Crippen LogP contribution in [0.5, 0.6) is 0 Å². The van der Waals surface area contributed by atoms with Crippen LogP contribution in [0.25, 0.3) is 11.0 Å². The van der Waals surface area contributed by atoms with Crippen LogP contribution in [0.2, 0.25) is 0 Å². The Hall–Kier alpha value is -1.23. The second-order valence-corrected chi connectivity index (χ2v) is 4.99. The average Bonchev–Trinajstić information content (AvgIpc) is 2.93. The van der Waals surface area contributed by atoms with E-state index in [4.69, 9.17) is 4.42 Å². The van der Waals surface area contributed by atoms with E-state index in [1.165, 1.54) is 5.69 Å². The smallest absolute Gasteiger partial charge is 0.0306 e. The van der Waals surface area contributed by atoms with E-state index in [0.717, 1.165) is 50.1 Å². The summed E-state index contributed by atoms with van der Waals surface area (Å²) < 4.78 is 5.26. The van der Waals surface area contributed by atoms with E-state index < -0.39 is 0 Å². The van der Waals surface area contributed by atoms with Gasteiger partial charge in [-0.25, -0.2) is 0 Å². The van der Waals surface area contributed by atoms with Crippen LogP contribution in [0.1, 0.15) is 6.42 Å². The Morgan fingerprint density at radius 1 is 1.25 bits per heavy atom. The summed E-state index contributed by atoms with van der Waals surface area (Å²) >= 11 is 0. The van der Waals surface area contributed by atoms with Crippen molar-refractivity contribution in [2.45, 2.75) is 6.42 Å². The predicted molar refractivity (Wildman–Crippen MR) is 78.5 cm³/mol. The van der Waals surface area contributed by atoms with E-state index in [1.807, 2.05) is 18.2 Å². The van der Waals surface area contributed by atoms with Crippen LogP contribution in [0.4, 0.5) is 5.69 Å². The number of fused-ring (bicyclic) bond motifs is 1. The second kappa shape index (κ2) is 6.97. The molecular weight excluding hydrogens is 295 g/mol. The van der Waals surface area contributed by atoms with Gasteiger partial charge in [0.25, 0.3) is 0 Å². The van der Waals surface area contributed by atoms with Crippen LogP contribution < -0.4 is 4.90 Å². The molecule has 1 fully saturated rings. The van der Waals surface area contributed by atoms with E-state index in [1.54, 1.807) is 0 Å². The zero-order valence-corrected chi connectivity index (χ0v) is 12.5. The molecule has 3 rings (SSSR count). The molecule has 1 aliphatic rings. The molecule has 0 atom stereocenters. The number of piperazine rings is 1. The third-order valence-electron chi connectivity index (χ3n) is 3.76. The van der Waals surface area contributed by atoms with Crippen molar-refractivity contribution >= 4 is 16.7 Å². The van der Waals surface area contributed by atoms with Gasteiger partial charge in [-0.3, -0.25) is 4.90 Å². The Bertz CT molecular complexity index is 558. The van der Waals surface area contributed by atoms with Gasteiger partial charge in [0.05, 0.1) is 0 Å². The average molecular weight is 314 g/mol. The number of hydrogen-bond acceptors (Lipinski definition) is 3. The van der Waals surface area contributed by atoms with Gasteiger partial charge in [-0.05, 0) is 24.3 Å². The molecule has 4 heteroatoms. The monoisotopic (exact) mass is 314 g/mol. The van der Waals surface area contributed by atoms with Gasteiger partial charge in [0, 0.05) is 55.2 Å². The molecule has 2 heterocycles. The van der Waals surface area contributed by atoms with Crippen molar-refractivity contribution in [2.24, 2.45) is 0 Å². The second-order valence-electron chi connectivity index (χ2n) is 4.99. The molecule has 0 spiro atoms. The van der Waals surface area contributed by atoms with Gasteiger partial charge >= 0.3 is 0 Å². The fourth-order valence-corrected chi connectivity index (χ4v) is 2.60. The molecule has 0 bridgehead atoms. The van der Waals surface area contributed by atoms with E-state index in [2.05, 4.69) is 34.8 Å². The van der Waals surface area contributed by atoms with Crippen molar-refractivity contribution in [2.75, 3.05) is 37.6 Å². The summed E-state index contributed by atoms with van der Waals surface area (Å²) in [6, 6.07) is 8.26. The van der Waals surface area contributed by atoms with Crippen molar-refractivity contribution in [1.82, 2.24) is 4.90 Å². The summed E-state index contributed by atoms with van der Waals surface area (Å²) in [5, 5.41) is 1.13. The molecule has 0 amide bonds. The fraction of sp³-hybridized carbons (Fsp3) is 0.375. The van der Waals surface area contributed by atoms with Gasteiger partial charge in [0.2, 0.25) is 0 Å². The molecular formula is C16H19CoN2O-. The van der Waals surface area contributed by atoms with E-state index in [9.17, 15) is 0 Å². The van der Waals surface area contributed by atoms with Crippen LogP contribution in [0, 0.1) is 6.26 Å². The Morgan fingerprint density at radius 3 is 2.80 bits per heavy atom. The van der Waals surface area contributed by atoms with Crippen molar-refractivity contribution in [3.05, 3.63) is 43.2 Å². The molecule has 1 saturated heterocycles. The molecule has 0 N–H and O–H groups in total. The van der Waals surface area contributed by atoms with E-state index in [-0.39, 0.29) is 16.8 Å². The molecule has 2 aromatic rings. The SMILES string of the molecule is C=CCCN1CCN(c2ccc3o[c-]cc3c2)CC1.[Co]. The van der Waals surface area contributed by atoms with Crippen molar-refractivity contribution in [3.63, 3.8) is 0 Å². The first-order valence-electron chi connectivity index (χ1n) is 6.84. The Kier molecular flexibility index (Phi) is 5.28. The molecule has 109 valence electrons. The molecule has 20 heavy (non-hydrogen) atoms. The van der Waals surface area contributed by atoms with Gasteiger partial charge in [-0.1, -0.05) is 18.2 Å². The van der Waals surface area contributed by atoms with Crippen LogP contribution >= 0.6 is 0 Å². The summed E-state index contributed by atoms with van der Waals surface area (Å²) in [5.74, 6) is 0. The number of hydrogen-bond donors (Lipinski definition) is 0. The number of nitrogens with zero attached hydrogens (tertiary/aromatic N) is 2. The van der Waals surface area contributed by atoms with Gasteiger partial charge in [0.1, 0.15) is 0 Å². The normalized spacial score (nSPS) is 16.1. The van der Waals surface area contributed by atoms with Gasteiger partial charge in [0.15, 0.2) is 0 Å². The number of anilines is 1. The minimum atomic E-state index is 0. The zero-order valence-electron chi connectivity index (χ0n) is 11.5. The maximum Gasteiger partial charge on any atom is 0.0306 e. The predicted octanol–water partition coefficient (Wildman–Crippen LogP) is 2.93. The summed E-state index contributed by atoms with van der Waals surface area (Å²) in [6.45, 7) is 9.35. The van der Waals surface area contributed by atoms with Gasteiger partial charge in [-0.2, -0.15) is 0 Å². The summed E-state index contributed by atoms with van der Waals surface area (Å²) in [7, 11) is 0. The van der Waals surface area contributed by atoms with Crippen LogP contribution in [0.15, 0.2) is 41.3 Å². The Balaban J connectivity index is 0.00000147. The molecule has 1 aliphatic heterocycles. The molecule has 0 unspecified atom stereocenters. The van der Waals surface area contributed by atoms with Crippen molar-refractivity contribution in [1.29, 1.82) is 0 Å². The third kappa shape index (κ3) is 3.26. The van der Waals surface area contributed by atoms with Gasteiger partial charge in [-0.15, -0.1) is 18.0 Å². The van der Waals surface area contributed by atoms with Crippen LogP contribution in [-0.2, 0) is 16.8 Å². The Labute approximate surface area is 130 Å². The van der Waals surface area contributed by atoms with Gasteiger partial charge < -0.3 is 9.32 Å². The van der Waals surface area contributed by atoms with Crippen molar-refractivity contribution < 1.29 is 21.2 Å². The van der Waals surface area contributed by atoms with E-state index in [0.29, 0.717) is 0 Å². The van der Waals surface area contributed by atoms with E-state index >= 15 is 0 Å². The maximum atomic E-state index is 5.26. The zero-order chi connectivity index (χ0) is 13.1. The van der Waals surface area contributed by atoms with Crippen LogP contribution in [-0.4, -0.2) is 37.6 Å². The van der Waals surface area contributed by atoms with Crippen LogP contribution in [0.3, 0.4) is 0 Å². The first kappa shape index (κ1) is 15.2. The molecule has 1 radical (unpaired) electrons. The number of benzene rings is 1. The number of furan rings is 1. The standard InChI is InChI=1S/C16H19N2O.Co/c1-2-3-7-17-8-10-18(11-9-17)15-4-5-16-14(13-15)6-12-19-16;/h2,4-6,13H,1,3,7-11H2;/q-1;. The largest absolute Gasteiger partial charge is 0.591 e.